The molecule has 0 saturated heterocycles. The second-order valence-corrected chi connectivity index (χ2v) is 11.5. The molecule has 0 heterocycles. The van der Waals surface area contributed by atoms with Gasteiger partial charge in [-0.2, -0.15) is 0 Å². The quantitative estimate of drug-likeness (QED) is 0.0500. The van der Waals surface area contributed by atoms with Gasteiger partial charge in [0.2, 0.25) is 41.4 Å². The van der Waals surface area contributed by atoms with E-state index in [0.29, 0.717) is 19.4 Å². The summed E-state index contributed by atoms with van der Waals surface area (Å²) in [5.41, 5.74) is 11.7. The highest BCUT2D eigenvalue weighted by molar-refractivity contribution is 5.95. The van der Waals surface area contributed by atoms with Gasteiger partial charge in [-0.25, -0.2) is 0 Å². The van der Waals surface area contributed by atoms with Crippen molar-refractivity contribution in [2.45, 2.75) is 64.1 Å². The molecule has 0 aliphatic carbocycles. The zero-order valence-corrected chi connectivity index (χ0v) is 27.8. The number of nitrogens with two attached hydrogens (primary N) is 2. The number of carboxylic acids is 1. The Labute approximate surface area is 284 Å². The van der Waals surface area contributed by atoms with Crippen molar-refractivity contribution in [3.63, 3.8) is 0 Å². The SMILES string of the molecule is CC(C)C[C@H](NC(=O)[C@H](Cc1ccccc1)NC(=O)CN)C(=O)NCC(=O)N[C@@H](CCCCN)C(=O)NCC(=O)NCC(=O)NCC(=O)O. The maximum Gasteiger partial charge on any atom is 0.322 e. The number of benzene rings is 1. The van der Waals surface area contributed by atoms with Crippen LogP contribution >= 0.6 is 0 Å². The Bertz CT molecular complexity index is 1280. The highest BCUT2D eigenvalue weighted by Crippen LogP contribution is 2.08. The minimum atomic E-state index is -1.26. The van der Waals surface area contributed by atoms with E-state index in [9.17, 15) is 38.4 Å². The summed E-state index contributed by atoms with van der Waals surface area (Å²) in [4.78, 5) is 98.3. The lowest BCUT2D eigenvalue weighted by Gasteiger charge is -2.24. The van der Waals surface area contributed by atoms with Gasteiger partial charge in [-0.15, -0.1) is 0 Å². The van der Waals surface area contributed by atoms with Gasteiger partial charge in [0, 0.05) is 6.42 Å². The zero-order chi connectivity index (χ0) is 36.8. The van der Waals surface area contributed by atoms with Crippen LogP contribution in [-0.4, -0.2) is 110 Å². The van der Waals surface area contributed by atoms with E-state index in [4.69, 9.17) is 16.6 Å². The summed E-state index contributed by atoms with van der Waals surface area (Å²) in [5, 5.41) is 25.5. The Morgan fingerprint density at radius 1 is 0.633 bits per heavy atom. The van der Waals surface area contributed by atoms with Gasteiger partial charge < -0.3 is 53.8 Å². The molecule has 1 aromatic rings. The van der Waals surface area contributed by atoms with Crippen LogP contribution in [0.2, 0.25) is 0 Å². The number of aliphatic carboxylic acids is 1. The fourth-order valence-electron chi connectivity index (χ4n) is 4.35. The predicted octanol–water partition coefficient (Wildman–Crippen LogP) is -3.63. The lowest BCUT2D eigenvalue weighted by Crippen LogP contribution is -2.56. The van der Waals surface area contributed by atoms with E-state index in [-0.39, 0.29) is 31.7 Å². The molecule has 0 aliphatic heterocycles. The smallest absolute Gasteiger partial charge is 0.322 e. The van der Waals surface area contributed by atoms with Crippen molar-refractivity contribution < 1.29 is 43.5 Å². The number of rotatable bonds is 23. The van der Waals surface area contributed by atoms with E-state index in [1.165, 1.54) is 0 Å². The maximum atomic E-state index is 13.3. The molecular weight excluding hydrogens is 642 g/mol. The van der Waals surface area contributed by atoms with Crippen LogP contribution < -0.4 is 48.7 Å². The Morgan fingerprint density at radius 2 is 1.18 bits per heavy atom. The third kappa shape index (κ3) is 18.7. The average molecular weight is 692 g/mol. The highest BCUT2D eigenvalue weighted by Gasteiger charge is 2.28. The minimum absolute atomic E-state index is 0.0389. The molecule has 18 nitrogen and oxygen atoms in total. The Kier molecular flexibility index (Phi) is 19.9. The molecule has 12 N–H and O–H groups in total. The van der Waals surface area contributed by atoms with Crippen LogP contribution in [0.15, 0.2) is 30.3 Å². The van der Waals surface area contributed by atoms with Crippen LogP contribution in [0.5, 0.6) is 0 Å². The monoisotopic (exact) mass is 691 g/mol. The van der Waals surface area contributed by atoms with E-state index in [1.807, 2.05) is 19.9 Å². The number of hydrogen-bond acceptors (Lipinski definition) is 10. The first-order valence-corrected chi connectivity index (χ1v) is 15.9. The number of carbonyl (C=O) groups excluding carboxylic acids is 7. The molecule has 0 fully saturated rings. The highest BCUT2D eigenvalue weighted by atomic mass is 16.4. The summed E-state index contributed by atoms with van der Waals surface area (Å²) in [6, 6.07) is 5.80. The van der Waals surface area contributed by atoms with Crippen LogP contribution in [0.1, 0.15) is 45.1 Å². The Morgan fingerprint density at radius 3 is 1.76 bits per heavy atom. The van der Waals surface area contributed by atoms with Gasteiger partial charge in [0.05, 0.1) is 26.2 Å². The molecule has 49 heavy (non-hydrogen) atoms. The second kappa shape index (κ2) is 23.3. The molecule has 0 aliphatic rings. The minimum Gasteiger partial charge on any atom is -0.480 e. The van der Waals surface area contributed by atoms with Gasteiger partial charge in [-0.3, -0.25) is 38.4 Å². The van der Waals surface area contributed by atoms with E-state index in [1.54, 1.807) is 24.3 Å². The molecule has 1 rings (SSSR count). The third-order valence-corrected chi connectivity index (χ3v) is 6.79. The van der Waals surface area contributed by atoms with Gasteiger partial charge >= 0.3 is 5.97 Å². The Balaban J connectivity index is 2.81. The molecule has 0 saturated carbocycles. The van der Waals surface area contributed by atoms with E-state index < -0.39 is 91.6 Å². The predicted molar refractivity (Wildman–Crippen MR) is 177 cm³/mol. The van der Waals surface area contributed by atoms with Crippen molar-refractivity contribution in [3.8, 4) is 0 Å². The normalized spacial score (nSPS) is 12.4. The fourth-order valence-corrected chi connectivity index (χ4v) is 4.35. The van der Waals surface area contributed by atoms with Gasteiger partial charge in [-0.1, -0.05) is 44.2 Å². The summed E-state index contributed by atoms with van der Waals surface area (Å²) in [6.45, 7) is 1.50. The number of nitrogens with one attached hydrogen (secondary N) is 7. The molecule has 7 amide bonds. The van der Waals surface area contributed by atoms with E-state index in [0.717, 1.165) is 5.56 Å². The van der Waals surface area contributed by atoms with Crippen molar-refractivity contribution in [1.82, 2.24) is 37.2 Å². The van der Waals surface area contributed by atoms with Crippen molar-refractivity contribution in [2.75, 3.05) is 39.3 Å². The van der Waals surface area contributed by atoms with Crippen LogP contribution in [0, 0.1) is 5.92 Å². The van der Waals surface area contributed by atoms with Crippen LogP contribution in [0.4, 0.5) is 0 Å². The topological polar surface area (TPSA) is 293 Å². The molecule has 272 valence electrons. The van der Waals surface area contributed by atoms with Gasteiger partial charge in [0.15, 0.2) is 0 Å². The van der Waals surface area contributed by atoms with Crippen LogP contribution in [0.25, 0.3) is 0 Å². The average Bonchev–Trinajstić information content (AvgIpc) is 3.06. The van der Waals surface area contributed by atoms with Crippen molar-refractivity contribution in [3.05, 3.63) is 35.9 Å². The van der Waals surface area contributed by atoms with Crippen molar-refractivity contribution in [2.24, 2.45) is 17.4 Å². The summed E-state index contributed by atoms with van der Waals surface area (Å²) in [6.07, 6.45) is 1.55. The molecule has 0 aromatic heterocycles. The number of carboxylic acid groups (broad SMARTS) is 1. The third-order valence-electron chi connectivity index (χ3n) is 6.79. The lowest BCUT2D eigenvalue weighted by atomic mass is 10.0. The first kappa shape index (κ1) is 41.9. The Hall–Kier alpha value is -5.10. The first-order chi connectivity index (χ1) is 23.2. The maximum absolute atomic E-state index is 13.3. The summed E-state index contributed by atoms with van der Waals surface area (Å²) >= 11 is 0. The second-order valence-electron chi connectivity index (χ2n) is 11.5. The van der Waals surface area contributed by atoms with E-state index in [2.05, 4.69) is 37.2 Å². The standard InChI is InChI=1S/C31H49N9O9/c1-19(2)12-22(40-31(49)23(39-24(41)14-33)13-20-8-4-3-5-9-20)30(48)37-17-27(44)38-21(10-6-7-11-32)29(47)36-16-26(43)34-15-25(42)35-18-28(45)46/h3-5,8-9,19,21-23H,6-7,10-18,32-33H2,1-2H3,(H,34,43)(H,35,42)(H,36,47)(H,37,48)(H,38,44)(H,39,41)(H,40,49)(H,45,46)/t21-,22-,23-/m0/s1. The van der Waals surface area contributed by atoms with Gasteiger partial charge in [0.25, 0.3) is 0 Å². The van der Waals surface area contributed by atoms with Crippen molar-refractivity contribution >= 4 is 47.3 Å². The summed E-state index contributed by atoms with van der Waals surface area (Å²) in [7, 11) is 0. The number of unbranched alkanes of at least 4 members (excludes halogenated alkanes) is 1. The lowest BCUT2D eigenvalue weighted by molar-refractivity contribution is -0.138. The van der Waals surface area contributed by atoms with E-state index >= 15 is 0 Å². The molecule has 0 unspecified atom stereocenters. The fraction of sp³-hybridized carbons (Fsp3) is 0.548. The number of hydrogen-bond donors (Lipinski definition) is 10. The van der Waals surface area contributed by atoms with Gasteiger partial charge in [0.1, 0.15) is 24.7 Å². The molecule has 18 heteroatoms. The molecule has 0 radical (unpaired) electrons. The molecule has 0 bridgehead atoms. The largest absolute Gasteiger partial charge is 0.480 e. The van der Waals surface area contributed by atoms with Crippen LogP contribution in [-0.2, 0) is 44.8 Å². The van der Waals surface area contributed by atoms with Crippen molar-refractivity contribution in [1.29, 1.82) is 0 Å². The molecule has 0 spiro atoms. The number of carbonyl (C=O) groups is 8. The summed E-state index contributed by atoms with van der Waals surface area (Å²) in [5.74, 6) is -6.00. The van der Waals surface area contributed by atoms with Gasteiger partial charge in [-0.05, 0) is 43.7 Å². The summed E-state index contributed by atoms with van der Waals surface area (Å²) < 4.78 is 0. The van der Waals surface area contributed by atoms with Crippen LogP contribution in [0.3, 0.4) is 0 Å². The first-order valence-electron chi connectivity index (χ1n) is 15.9. The molecule has 1 aromatic carbocycles. The molecular formula is C31H49N9O9. The number of amides is 7. The zero-order valence-electron chi connectivity index (χ0n) is 27.8. The molecule has 3 atom stereocenters.